The number of aromatic nitrogens is 1. The highest BCUT2D eigenvalue weighted by molar-refractivity contribution is 5.99. The smallest absolute Gasteiger partial charge is 0.255 e. The summed E-state index contributed by atoms with van der Waals surface area (Å²) in [6, 6.07) is 11.6. The van der Waals surface area contributed by atoms with Crippen LogP contribution in [-0.4, -0.2) is 10.9 Å². The van der Waals surface area contributed by atoms with E-state index < -0.39 is 0 Å². The second kappa shape index (κ2) is 6.19. The molecule has 0 aliphatic carbocycles. The summed E-state index contributed by atoms with van der Waals surface area (Å²) in [5.74, 6) is -0.189. The van der Waals surface area contributed by atoms with E-state index in [1.165, 1.54) is 6.20 Å². The molecule has 1 aromatic heterocycles. The first-order valence-electron chi connectivity index (χ1n) is 6.69. The molecule has 4 nitrogen and oxygen atoms in total. The van der Waals surface area contributed by atoms with Gasteiger partial charge in [-0.25, -0.2) is 0 Å². The first kappa shape index (κ1) is 14.1. The molecular formula is C16H19N3O. The minimum atomic E-state index is -0.189. The molecule has 0 radical (unpaired) electrons. The highest BCUT2D eigenvalue weighted by Gasteiger charge is 2.16. The molecule has 0 saturated carbocycles. The third kappa shape index (κ3) is 3.15. The third-order valence-corrected chi connectivity index (χ3v) is 3.23. The van der Waals surface area contributed by atoms with Crippen LogP contribution in [0.3, 0.4) is 0 Å². The molecule has 0 fully saturated rings. The maximum absolute atomic E-state index is 12.3. The average Bonchev–Trinajstić information content (AvgIpc) is 2.45. The number of nitrogens with zero attached hydrogens (tertiary/aromatic N) is 1. The summed E-state index contributed by atoms with van der Waals surface area (Å²) in [6.45, 7) is 3.88. The standard InChI is InChI=1S/C16H19N3O/c1-3-15(12-7-5-4-6-8-12)19-16(20)13-10-18-11(2)9-14(13)17/h4-10,15H,3H2,1-2H3,(H2,17,18)(H,19,20). The van der Waals surface area contributed by atoms with Crippen LogP contribution in [0.4, 0.5) is 5.69 Å². The molecule has 20 heavy (non-hydrogen) atoms. The number of hydrogen-bond acceptors (Lipinski definition) is 3. The number of anilines is 1. The fourth-order valence-electron chi connectivity index (χ4n) is 2.11. The van der Waals surface area contributed by atoms with Crippen LogP contribution in [0.2, 0.25) is 0 Å². The number of carbonyl (C=O) groups is 1. The van der Waals surface area contributed by atoms with Gasteiger partial charge in [0.25, 0.3) is 5.91 Å². The Kier molecular flexibility index (Phi) is 4.35. The minimum absolute atomic E-state index is 0.0237. The van der Waals surface area contributed by atoms with Gasteiger partial charge in [0, 0.05) is 17.6 Å². The number of nitrogen functional groups attached to an aromatic ring is 1. The van der Waals surface area contributed by atoms with Crippen molar-refractivity contribution >= 4 is 11.6 Å². The molecule has 0 aliphatic heterocycles. The van der Waals surface area contributed by atoms with Crippen molar-refractivity contribution in [3.05, 3.63) is 59.4 Å². The highest BCUT2D eigenvalue weighted by atomic mass is 16.1. The van der Waals surface area contributed by atoms with Gasteiger partial charge in [0.1, 0.15) is 0 Å². The Morgan fingerprint density at radius 2 is 2.05 bits per heavy atom. The zero-order valence-electron chi connectivity index (χ0n) is 11.8. The molecule has 1 atom stereocenters. The van der Waals surface area contributed by atoms with Crippen LogP contribution in [0.1, 0.15) is 41.0 Å². The largest absolute Gasteiger partial charge is 0.398 e. The molecule has 1 unspecified atom stereocenters. The Hall–Kier alpha value is -2.36. The van der Waals surface area contributed by atoms with Crippen LogP contribution in [0.25, 0.3) is 0 Å². The van der Waals surface area contributed by atoms with Crippen LogP contribution in [-0.2, 0) is 0 Å². The topological polar surface area (TPSA) is 68.0 Å². The highest BCUT2D eigenvalue weighted by Crippen LogP contribution is 2.18. The number of aryl methyl sites for hydroxylation is 1. The van der Waals surface area contributed by atoms with Crippen LogP contribution < -0.4 is 11.1 Å². The number of nitrogens with two attached hydrogens (primary N) is 1. The van der Waals surface area contributed by atoms with Gasteiger partial charge < -0.3 is 11.1 Å². The van der Waals surface area contributed by atoms with Crippen molar-refractivity contribution in [2.75, 3.05) is 5.73 Å². The van der Waals surface area contributed by atoms with Crippen molar-refractivity contribution in [2.24, 2.45) is 0 Å². The van der Waals surface area contributed by atoms with Gasteiger partial charge in [-0.05, 0) is 25.0 Å². The maximum atomic E-state index is 12.3. The molecule has 0 aliphatic rings. The number of carbonyl (C=O) groups excluding carboxylic acids is 1. The summed E-state index contributed by atoms with van der Waals surface area (Å²) in [7, 11) is 0. The van der Waals surface area contributed by atoms with Crippen molar-refractivity contribution in [3.8, 4) is 0 Å². The summed E-state index contributed by atoms with van der Waals surface area (Å²) in [5, 5.41) is 3.00. The minimum Gasteiger partial charge on any atom is -0.398 e. The van der Waals surface area contributed by atoms with Crippen molar-refractivity contribution < 1.29 is 4.79 Å². The van der Waals surface area contributed by atoms with Gasteiger partial charge in [-0.3, -0.25) is 9.78 Å². The fraction of sp³-hybridized carbons (Fsp3) is 0.250. The van der Waals surface area contributed by atoms with Crippen LogP contribution in [0.5, 0.6) is 0 Å². The molecule has 0 spiro atoms. The Bertz CT molecular complexity index is 596. The molecule has 2 rings (SSSR count). The molecule has 0 saturated heterocycles. The lowest BCUT2D eigenvalue weighted by molar-refractivity contribution is 0.0936. The first-order chi connectivity index (χ1) is 9.61. The molecule has 3 N–H and O–H groups in total. The van der Waals surface area contributed by atoms with Crippen molar-refractivity contribution in [1.82, 2.24) is 10.3 Å². The Balaban J connectivity index is 2.17. The fourth-order valence-corrected chi connectivity index (χ4v) is 2.11. The summed E-state index contributed by atoms with van der Waals surface area (Å²) < 4.78 is 0. The van der Waals surface area contributed by atoms with Crippen molar-refractivity contribution in [3.63, 3.8) is 0 Å². The lowest BCUT2D eigenvalue weighted by atomic mass is 10.0. The van der Waals surface area contributed by atoms with E-state index >= 15 is 0 Å². The van der Waals surface area contributed by atoms with Crippen LogP contribution in [0.15, 0.2) is 42.6 Å². The van der Waals surface area contributed by atoms with Crippen LogP contribution >= 0.6 is 0 Å². The molecule has 104 valence electrons. The zero-order valence-corrected chi connectivity index (χ0v) is 11.8. The van der Waals surface area contributed by atoms with Crippen molar-refractivity contribution in [1.29, 1.82) is 0 Å². The number of amides is 1. The van der Waals surface area contributed by atoms with Gasteiger partial charge in [-0.1, -0.05) is 37.3 Å². The van der Waals surface area contributed by atoms with Crippen molar-refractivity contribution in [2.45, 2.75) is 26.3 Å². The Labute approximate surface area is 119 Å². The molecule has 0 bridgehead atoms. The molecule has 2 aromatic rings. The van der Waals surface area contributed by atoms with Gasteiger partial charge in [0.05, 0.1) is 11.6 Å². The number of benzene rings is 1. The second-order valence-electron chi connectivity index (χ2n) is 4.76. The molecule has 1 amide bonds. The summed E-state index contributed by atoms with van der Waals surface area (Å²) >= 11 is 0. The lowest BCUT2D eigenvalue weighted by Gasteiger charge is -2.18. The van der Waals surface area contributed by atoms with E-state index in [9.17, 15) is 4.79 Å². The summed E-state index contributed by atoms with van der Waals surface area (Å²) in [6.07, 6.45) is 2.34. The number of rotatable bonds is 4. The molecular weight excluding hydrogens is 250 g/mol. The predicted molar refractivity (Wildman–Crippen MR) is 80.3 cm³/mol. The van der Waals surface area contributed by atoms with E-state index in [0.29, 0.717) is 11.3 Å². The van der Waals surface area contributed by atoms with E-state index in [2.05, 4.69) is 10.3 Å². The van der Waals surface area contributed by atoms with Gasteiger partial charge in [-0.15, -0.1) is 0 Å². The van der Waals surface area contributed by atoms with E-state index in [0.717, 1.165) is 17.7 Å². The lowest BCUT2D eigenvalue weighted by Crippen LogP contribution is -2.29. The van der Waals surface area contributed by atoms with E-state index in [-0.39, 0.29) is 11.9 Å². The SMILES string of the molecule is CCC(NC(=O)c1cnc(C)cc1N)c1ccccc1. The predicted octanol–water partition coefficient (Wildman–Crippen LogP) is 2.85. The van der Waals surface area contributed by atoms with E-state index in [1.807, 2.05) is 44.2 Å². The zero-order chi connectivity index (χ0) is 14.5. The number of pyridine rings is 1. The monoisotopic (exact) mass is 269 g/mol. The molecule has 1 aromatic carbocycles. The van der Waals surface area contributed by atoms with E-state index in [4.69, 9.17) is 5.73 Å². The Morgan fingerprint density at radius 3 is 2.65 bits per heavy atom. The van der Waals surface area contributed by atoms with Gasteiger partial charge >= 0.3 is 0 Å². The molecule has 1 heterocycles. The van der Waals surface area contributed by atoms with Crippen LogP contribution in [0, 0.1) is 6.92 Å². The number of hydrogen-bond donors (Lipinski definition) is 2. The summed E-state index contributed by atoms with van der Waals surface area (Å²) in [4.78, 5) is 16.4. The first-order valence-corrected chi connectivity index (χ1v) is 6.69. The second-order valence-corrected chi connectivity index (χ2v) is 4.76. The Morgan fingerprint density at radius 1 is 1.35 bits per heavy atom. The normalized spacial score (nSPS) is 11.9. The third-order valence-electron chi connectivity index (χ3n) is 3.23. The summed E-state index contributed by atoms with van der Waals surface area (Å²) in [5.41, 5.74) is 8.64. The van der Waals surface area contributed by atoms with Gasteiger partial charge in [0.15, 0.2) is 0 Å². The maximum Gasteiger partial charge on any atom is 0.255 e. The van der Waals surface area contributed by atoms with Gasteiger partial charge in [-0.2, -0.15) is 0 Å². The molecule has 4 heteroatoms. The van der Waals surface area contributed by atoms with Gasteiger partial charge in [0.2, 0.25) is 0 Å². The quantitative estimate of drug-likeness (QED) is 0.896. The number of nitrogens with one attached hydrogen (secondary N) is 1. The average molecular weight is 269 g/mol. The van der Waals surface area contributed by atoms with E-state index in [1.54, 1.807) is 6.07 Å².